The molecule has 1 fully saturated rings. The molecule has 0 bridgehead atoms. The van der Waals surface area contributed by atoms with E-state index >= 15 is 0 Å². The van der Waals surface area contributed by atoms with Crippen molar-refractivity contribution >= 4 is 5.91 Å². The van der Waals surface area contributed by atoms with Gasteiger partial charge in [-0.05, 0) is 43.7 Å². The lowest BCUT2D eigenvalue weighted by molar-refractivity contribution is -0.130. The third-order valence-electron chi connectivity index (χ3n) is 3.99. The molecule has 20 heavy (non-hydrogen) atoms. The summed E-state index contributed by atoms with van der Waals surface area (Å²) in [5.41, 5.74) is 2.77. The summed E-state index contributed by atoms with van der Waals surface area (Å²) < 4.78 is 0. The average Bonchev–Trinajstić information content (AvgIpc) is 3.30. The first-order valence-electron chi connectivity index (χ1n) is 7.82. The topological polar surface area (TPSA) is 32.3 Å². The van der Waals surface area contributed by atoms with Gasteiger partial charge in [0.25, 0.3) is 0 Å². The zero-order chi connectivity index (χ0) is 14.4. The van der Waals surface area contributed by atoms with Crippen molar-refractivity contribution in [1.82, 2.24) is 10.2 Å². The van der Waals surface area contributed by atoms with E-state index in [0.29, 0.717) is 6.42 Å². The number of nitrogens with zero attached hydrogens (tertiary/aromatic N) is 1. The van der Waals surface area contributed by atoms with Crippen molar-refractivity contribution < 1.29 is 4.79 Å². The van der Waals surface area contributed by atoms with E-state index in [4.69, 9.17) is 0 Å². The van der Waals surface area contributed by atoms with Crippen LogP contribution in [0.1, 0.15) is 50.2 Å². The van der Waals surface area contributed by atoms with E-state index < -0.39 is 0 Å². The molecule has 0 spiro atoms. The van der Waals surface area contributed by atoms with Crippen LogP contribution in [-0.2, 0) is 11.3 Å². The fourth-order valence-corrected chi connectivity index (χ4v) is 2.49. The lowest BCUT2D eigenvalue weighted by atomic mass is 10.1. The summed E-state index contributed by atoms with van der Waals surface area (Å²) >= 11 is 0. The van der Waals surface area contributed by atoms with Gasteiger partial charge in [0.2, 0.25) is 5.91 Å². The normalized spacial score (nSPS) is 14.3. The molecule has 3 nitrogen and oxygen atoms in total. The monoisotopic (exact) mass is 274 g/mol. The van der Waals surface area contributed by atoms with Gasteiger partial charge in [0.05, 0.1) is 0 Å². The Bertz CT molecular complexity index is 419. The van der Waals surface area contributed by atoms with Crippen LogP contribution < -0.4 is 5.32 Å². The highest BCUT2D eigenvalue weighted by molar-refractivity contribution is 5.76. The number of rotatable bonds is 8. The van der Waals surface area contributed by atoms with Gasteiger partial charge in [-0.15, -0.1) is 0 Å². The van der Waals surface area contributed by atoms with E-state index in [-0.39, 0.29) is 5.91 Å². The molecule has 0 aliphatic heterocycles. The van der Waals surface area contributed by atoms with E-state index in [2.05, 4.69) is 29.6 Å². The molecule has 0 atom stereocenters. The first kappa shape index (κ1) is 15.0. The molecule has 1 aliphatic carbocycles. The summed E-state index contributed by atoms with van der Waals surface area (Å²) in [5, 5.41) is 3.35. The van der Waals surface area contributed by atoms with Gasteiger partial charge in [0, 0.05) is 32.6 Å². The fourth-order valence-electron chi connectivity index (χ4n) is 2.49. The van der Waals surface area contributed by atoms with Gasteiger partial charge in [-0.1, -0.05) is 24.3 Å². The van der Waals surface area contributed by atoms with Crippen LogP contribution in [0.2, 0.25) is 0 Å². The van der Waals surface area contributed by atoms with E-state index in [1.54, 1.807) is 0 Å². The molecule has 0 unspecified atom stereocenters. The molecule has 1 N–H and O–H groups in total. The maximum Gasteiger partial charge on any atom is 0.223 e. The van der Waals surface area contributed by atoms with Gasteiger partial charge in [-0.25, -0.2) is 0 Å². The maximum atomic E-state index is 11.8. The predicted octanol–water partition coefficient (Wildman–Crippen LogP) is 2.91. The Balaban J connectivity index is 1.66. The van der Waals surface area contributed by atoms with Gasteiger partial charge in [0.15, 0.2) is 0 Å². The number of hydrogen-bond acceptors (Lipinski definition) is 2. The predicted molar refractivity (Wildman–Crippen MR) is 82.7 cm³/mol. The molecule has 1 saturated carbocycles. The van der Waals surface area contributed by atoms with Crippen LogP contribution in [0.3, 0.4) is 0 Å². The standard InChI is InChI=1S/C17H26N2O/c1-3-19(4-2)17(20)11-12-18-13-14-5-7-15(8-6-14)16-9-10-16/h5-8,16,18H,3-4,9-13H2,1-2H3. The Kier molecular flexibility index (Phi) is 5.60. The smallest absolute Gasteiger partial charge is 0.223 e. The van der Waals surface area contributed by atoms with Crippen molar-refractivity contribution in [3.05, 3.63) is 35.4 Å². The third kappa shape index (κ3) is 4.34. The number of carbonyl (C=O) groups is 1. The SMILES string of the molecule is CCN(CC)C(=O)CCNCc1ccc(C2CC2)cc1. The van der Waals surface area contributed by atoms with Crippen molar-refractivity contribution in [1.29, 1.82) is 0 Å². The van der Waals surface area contributed by atoms with E-state index in [9.17, 15) is 4.79 Å². The highest BCUT2D eigenvalue weighted by Gasteiger charge is 2.22. The van der Waals surface area contributed by atoms with Crippen LogP contribution in [-0.4, -0.2) is 30.4 Å². The first-order valence-corrected chi connectivity index (χ1v) is 7.82. The van der Waals surface area contributed by atoms with Crippen molar-refractivity contribution in [2.24, 2.45) is 0 Å². The van der Waals surface area contributed by atoms with Crippen LogP contribution in [0, 0.1) is 0 Å². The molecular formula is C17H26N2O. The van der Waals surface area contributed by atoms with Crippen molar-refractivity contribution in [3.8, 4) is 0 Å². The number of hydrogen-bond donors (Lipinski definition) is 1. The average molecular weight is 274 g/mol. The van der Waals surface area contributed by atoms with Crippen molar-refractivity contribution in [3.63, 3.8) is 0 Å². The molecule has 2 rings (SSSR count). The van der Waals surface area contributed by atoms with Crippen molar-refractivity contribution in [2.75, 3.05) is 19.6 Å². The third-order valence-corrected chi connectivity index (χ3v) is 3.99. The molecule has 1 aromatic rings. The Morgan fingerprint density at radius 3 is 2.40 bits per heavy atom. The molecular weight excluding hydrogens is 248 g/mol. The second-order valence-electron chi connectivity index (χ2n) is 5.51. The van der Waals surface area contributed by atoms with Gasteiger partial charge in [-0.2, -0.15) is 0 Å². The summed E-state index contributed by atoms with van der Waals surface area (Å²) in [6, 6.07) is 8.89. The lowest BCUT2D eigenvalue weighted by Gasteiger charge is -2.18. The van der Waals surface area contributed by atoms with Gasteiger partial charge in [-0.3, -0.25) is 4.79 Å². The Hall–Kier alpha value is -1.35. The van der Waals surface area contributed by atoms with Crippen LogP contribution in [0.4, 0.5) is 0 Å². The number of carbonyl (C=O) groups excluding carboxylic acids is 1. The van der Waals surface area contributed by atoms with Crippen LogP contribution in [0.5, 0.6) is 0 Å². The lowest BCUT2D eigenvalue weighted by Crippen LogP contribution is -2.32. The molecule has 0 heterocycles. The largest absolute Gasteiger partial charge is 0.343 e. The van der Waals surface area contributed by atoms with Gasteiger partial charge >= 0.3 is 0 Å². The molecule has 110 valence electrons. The molecule has 1 amide bonds. The fraction of sp³-hybridized carbons (Fsp3) is 0.588. The van der Waals surface area contributed by atoms with E-state index in [0.717, 1.165) is 32.1 Å². The minimum atomic E-state index is 0.242. The molecule has 0 aromatic heterocycles. The first-order chi connectivity index (χ1) is 9.74. The molecule has 3 heteroatoms. The summed E-state index contributed by atoms with van der Waals surface area (Å²) in [6.45, 7) is 7.25. The van der Waals surface area contributed by atoms with Gasteiger partial charge < -0.3 is 10.2 Å². The number of benzene rings is 1. The number of amides is 1. The molecule has 1 aromatic carbocycles. The number of nitrogens with one attached hydrogen (secondary N) is 1. The molecule has 0 radical (unpaired) electrons. The second kappa shape index (κ2) is 7.44. The summed E-state index contributed by atoms with van der Waals surface area (Å²) in [4.78, 5) is 13.7. The zero-order valence-corrected chi connectivity index (χ0v) is 12.7. The Morgan fingerprint density at radius 2 is 1.85 bits per heavy atom. The quantitative estimate of drug-likeness (QED) is 0.739. The zero-order valence-electron chi connectivity index (χ0n) is 12.7. The Labute approximate surface area is 122 Å². The maximum absolute atomic E-state index is 11.8. The molecule has 0 saturated heterocycles. The van der Waals surface area contributed by atoms with Crippen molar-refractivity contribution in [2.45, 2.75) is 45.6 Å². The highest BCUT2D eigenvalue weighted by atomic mass is 16.2. The summed E-state index contributed by atoms with van der Waals surface area (Å²) in [6.07, 6.45) is 3.29. The Morgan fingerprint density at radius 1 is 1.20 bits per heavy atom. The minimum Gasteiger partial charge on any atom is -0.343 e. The van der Waals surface area contributed by atoms with E-state index in [1.807, 2.05) is 18.7 Å². The van der Waals surface area contributed by atoms with Crippen LogP contribution in [0.25, 0.3) is 0 Å². The van der Waals surface area contributed by atoms with E-state index in [1.165, 1.54) is 24.0 Å². The molecule has 1 aliphatic rings. The summed E-state index contributed by atoms with van der Waals surface area (Å²) in [5.74, 6) is 1.07. The van der Waals surface area contributed by atoms with Crippen LogP contribution >= 0.6 is 0 Å². The minimum absolute atomic E-state index is 0.242. The summed E-state index contributed by atoms with van der Waals surface area (Å²) in [7, 11) is 0. The van der Waals surface area contributed by atoms with Crippen LogP contribution in [0.15, 0.2) is 24.3 Å². The highest BCUT2D eigenvalue weighted by Crippen LogP contribution is 2.39. The second-order valence-corrected chi connectivity index (χ2v) is 5.51. The van der Waals surface area contributed by atoms with Gasteiger partial charge in [0.1, 0.15) is 0 Å².